The maximum absolute atomic E-state index is 12.5. The zero-order valence-electron chi connectivity index (χ0n) is 14.1. The van der Waals surface area contributed by atoms with Crippen LogP contribution in [0.4, 0.5) is 0 Å². The lowest BCUT2D eigenvalue weighted by molar-refractivity contribution is -0.122. The van der Waals surface area contributed by atoms with Crippen molar-refractivity contribution in [1.82, 2.24) is 5.32 Å². The second-order valence-electron chi connectivity index (χ2n) is 7.91. The Labute approximate surface area is 152 Å². The highest BCUT2D eigenvalue weighted by Crippen LogP contribution is 2.55. The Balaban J connectivity index is 1.46. The largest absolute Gasteiger partial charge is 0.496 e. The van der Waals surface area contributed by atoms with Crippen molar-refractivity contribution in [2.45, 2.75) is 44.1 Å². The third-order valence-corrected chi connectivity index (χ3v) is 6.53. The zero-order chi connectivity index (χ0) is 16.7. The summed E-state index contributed by atoms with van der Waals surface area (Å²) in [6, 6.07) is 5.81. The number of halogens is 1. The van der Waals surface area contributed by atoms with Crippen molar-refractivity contribution in [3.63, 3.8) is 0 Å². The molecule has 0 aromatic heterocycles. The van der Waals surface area contributed by atoms with Crippen LogP contribution in [0.15, 0.2) is 28.7 Å². The number of rotatable bonds is 4. The van der Waals surface area contributed by atoms with E-state index in [1.807, 2.05) is 24.3 Å². The van der Waals surface area contributed by atoms with Crippen LogP contribution < -0.4 is 10.1 Å². The minimum absolute atomic E-state index is 0.0268. The van der Waals surface area contributed by atoms with Crippen molar-refractivity contribution in [3.05, 3.63) is 34.3 Å². The lowest BCUT2D eigenvalue weighted by atomic mass is 9.53. The third kappa shape index (κ3) is 3.13. The molecule has 128 valence electrons. The van der Waals surface area contributed by atoms with Crippen LogP contribution in [0.5, 0.6) is 5.75 Å². The molecule has 0 saturated heterocycles. The molecule has 0 heterocycles. The highest BCUT2D eigenvalue weighted by molar-refractivity contribution is 9.10. The first kappa shape index (κ1) is 16.2. The Hall–Kier alpha value is -1.29. The molecule has 0 unspecified atom stereocenters. The molecule has 4 bridgehead atoms. The summed E-state index contributed by atoms with van der Waals surface area (Å²) in [5.41, 5.74) is 0.977. The van der Waals surface area contributed by atoms with Gasteiger partial charge in [-0.2, -0.15) is 0 Å². The van der Waals surface area contributed by atoms with Gasteiger partial charge in [0.1, 0.15) is 5.75 Å². The van der Waals surface area contributed by atoms with Gasteiger partial charge in [0.2, 0.25) is 5.91 Å². The standard InChI is InChI=1S/C20H24BrNO2/c1-24-18-4-3-17(21)9-16(18)2-5-19(23)22-20-10-13-6-14(11-20)8-15(7-13)12-20/h2-5,9,13-15H,6-8,10-12H2,1H3,(H,22,23). The maximum Gasteiger partial charge on any atom is 0.244 e. The van der Waals surface area contributed by atoms with E-state index >= 15 is 0 Å². The van der Waals surface area contributed by atoms with Crippen molar-refractivity contribution < 1.29 is 9.53 Å². The summed E-state index contributed by atoms with van der Waals surface area (Å²) in [5, 5.41) is 3.37. The van der Waals surface area contributed by atoms with Crippen molar-refractivity contribution in [1.29, 1.82) is 0 Å². The van der Waals surface area contributed by atoms with E-state index in [9.17, 15) is 4.79 Å². The number of benzene rings is 1. The van der Waals surface area contributed by atoms with Gasteiger partial charge >= 0.3 is 0 Å². The number of nitrogens with one attached hydrogen (secondary N) is 1. The molecule has 4 heteroatoms. The summed E-state index contributed by atoms with van der Waals surface area (Å²) < 4.78 is 6.34. The van der Waals surface area contributed by atoms with Crippen LogP contribution in [0.3, 0.4) is 0 Å². The second kappa shape index (κ2) is 6.21. The Morgan fingerprint density at radius 1 is 1.21 bits per heavy atom. The summed E-state index contributed by atoms with van der Waals surface area (Å²) >= 11 is 3.47. The van der Waals surface area contributed by atoms with Crippen LogP contribution in [0.1, 0.15) is 44.1 Å². The molecule has 1 aromatic carbocycles. The smallest absolute Gasteiger partial charge is 0.244 e. The fourth-order valence-electron chi connectivity index (χ4n) is 5.57. The highest BCUT2D eigenvalue weighted by Gasteiger charge is 2.51. The Morgan fingerprint density at radius 3 is 2.42 bits per heavy atom. The summed E-state index contributed by atoms with van der Waals surface area (Å²) in [7, 11) is 1.65. The number of carbonyl (C=O) groups is 1. The van der Waals surface area contributed by atoms with E-state index in [0.717, 1.165) is 33.5 Å². The molecule has 0 aliphatic heterocycles. The Morgan fingerprint density at radius 2 is 1.83 bits per heavy atom. The molecule has 0 spiro atoms. The van der Waals surface area contributed by atoms with Gasteiger partial charge in [0, 0.05) is 21.7 Å². The van der Waals surface area contributed by atoms with Gasteiger partial charge in [-0.15, -0.1) is 0 Å². The molecule has 4 saturated carbocycles. The first-order valence-corrected chi connectivity index (χ1v) is 9.68. The molecule has 3 nitrogen and oxygen atoms in total. The second-order valence-corrected chi connectivity index (χ2v) is 8.82. The van der Waals surface area contributed by atoms with E-state index in [1.165, 1.54) is 38.5 Å². The average Bonchev–Trinajstić information content (AvgIpc) is 2.51. The number of hydrogen-bond donors (Lipinski definition) is 1. The summed E-state index contributed by atoms with van der Waals surface area (Å²) in [6.07, 6.45) is 11.2. The van der Waals surface area contributed by atoms with Crippen LogP contribution >= 0.6 is 15.9 Å². The zero-order valence-corrected chi connectivity index (χ0v) is 15.6. The molecule has 4 aliphatic rings. The van der Waals surface area contributed by atoms with Crippen LogP contribution in [0.25, 0.3) is 6.08 Å². The molecule has 1 aromatic rings. The third-order valence-electron chi connectivity index (χ3n) is 6.03. The van der Waals surface area contributed by atoms with Crippen molar-refractivity contribution >= 4 is 27.9 Å². The van der Waals surface area contributed by atoms with Gasteiger partial charge < -0.3 is 10.1 Å². The minimum atomic E-state index is 0.0268. The molecule has 1 amide bonds. The number of carbonyl (C=O) groups excluding carboxylic acids is 1. The first-order chi connectivity index (χ1) is 11.5. The molecule has 1 N–H and O–H groups in total. The van der Waals surface area contributed by atoms with Gasteiger partial charge in [-0.3, -0.25) is 4.79 Å². The van der Waals surface area contributed by atoms with Gasteiger partial charge in [-0.25, -0.2) is 0 Å². The molecule has 24 heavy (non-hydrogen) atoms. The summed E-state index contributed by atoms with van der Waals surface area (Å²) in [4.78, 5) is 12.5. The lowest BCUT2D eigenvalue weighted by Crippen LogP contribution is -2.59. The molecule has 0 radical (unpaired) electrons. The Kier molecular flexibility index (Phi) is 4.19. The SMILES string of the molecule is COc1ccc(Br)cc1C=CC(=O)NC12CC3CC(CC(C3)C1)C2. The van der Waals surface area contributed by atoms with Crippen LogP contribution in [-0.4, -0.2) is 18.6 Å². The van der Waals surface area contributed by atoms with Gasteiger partial charge in [0.05, 0.1) is 7.11 Å². The minimum Gasteiger partial charge on any atom is -0.496 e. The molecule has 4 aliphatic carbocycles. The first-order valence-electron chi connectivity index (χ1n) is 8.89. The van der Waals surface area contributed by atoms with E-state index in [2.05, 4.69) is 21.2 Å². The predicted octanol–water partition coefficient (Wildman–Crippen LogP) is 4.56. The van der Waals surface area contributed by atoms with Crippen LogP contribution in [0, 0.1) is 17.8 Å². The molecule has 0 atom stereocenters. The van der Waals surface area contributed by atoms with Gasteiger partial charge in [0.15, 0.2) is 0 Å². The fraction of sp³-hybridized carbons (Fsp3) is 0.550. The molecule has 4 fully saturated rings. The van der Waals surface area contributed by atoms with Crippen LogP contribution in [0.2, 0.25) is 0 Å². The molecular weight excluding hydrogens is 366 g/mol. The number of methoxy groups -OCH3 is 1. The Bertz CT molecular complexity index is 647. The van der Waals surface area contributed by atoms with E-state index in [0.29, 0.717) is 0 Å². The number of hydrogen-bond acceptors (Lipinski definition) is 2. The average molecular weight is 390 g/mol. The topological polar surface area (TPSA) is 38.3 Å². The van der Waals surface area contributed by atoms with Crippen molar-refractivity contribution in [2.24, 2.45) is 17.8 Å². The normalized spacial score (nSPS) is 33.8. The predicted molar refractivity (Wildman–Crippen MR) is 98.8 cm³/mol. The van der Waals surface area contributed by atoms with Crippen LogP contribution in [-0.2, 0) is 4.79 Å². The van der Waals surface area contributed by atoms with E-state index in [4.69, 9.17) is 4.74 Å². The van der Waals surface area contributed by atoms with Gasteiger partial charge in [0.25, 0.3) is 0 Å². The number of ether oxygens (including phenoxy) is 1. The van der Waals surface area contributed by atoms with Crippen molar-refractivity contribution in [2.75, 3.05) is 7.11 Å². The molecule has 5 rings (SSSR count). The lowest BCUT2D eigenvalue weighted by Gasteiger charge is -2.56. The van der Waals surface area contributed by atoms with Gasteiger partial charge in [-0.1, -0.05) is 15.9 Å². The van der Waals surface area contributed by atoms with Crippen molar-refractivity contribution in [3.8, 4) is 5.75 Å². The molecular formula is C20H24BrNO2. The number of amides is 1. The quantitative estimate of drug-likeness (QED) is 0.766. The van der Waals surface area contributed by atoms with E-state index in [1.54, 1.807) is 13.2 Å². The summed E-state index contributed by atoms with van der Waals surface area (Å²) in [6.45, 7) is 0. The van der Waals surface area contributed by atoms with E-state index < -0.39 is 0 Å². The fourth-order valence-corrected chi connectivity index (χ4v) is 5.95. The van der Waals surface area contributed by atoms with E-state index in [-0.39, 0.29) is 11.4 Å². The monoisotopic (exact) mass is 389 g/mol. The van der Waals surface area contributed by atoms with Gasteiger partial charge in [-0.05, 0) is 80.6 Å². The highest BCUT2D eigenvalue weighted by atomic mass is 79.9. The summed E-state index contributed by atoms with van der Waals surface area (Å²) in [5.74, 6) is 3.32. The maximum atomic E-state index is 12.5.